The molecule has 0 saturated heterocycles. The Morgan fingerprint density at radius 3 is 2.72 bits per heavy atom. The summed E-state index contributed by atoms with van der Waals surface area (Å²) in [5.41, 5.74) is 7.49. The minimum Gasteiger partial charge on any atom is -0.494 e. The van der Waals surface area contributed by atoms with Gasteiger partial charge in [0.05, 0.1) is 6.61 Å². The standard InChI is InChI=1S/C16H25NO/c1-2-18-16-10-6-5-9-14(16)15(17)12-11-13-7-3-4-8-13/h5-6,9-10,13,15H,2-4,7-8,11-12,17H2,1H3. The Balaban J connectivity index is 1.92. The lowest BCUT2D eigenvalue weighted by Gasteiger charge is -2.18. The second-order valence-corrected chi connectivity index (χ2v) is 5.31. The van der Waals surface area contributed by atoms with E-state index in [4.69, 9.17) is 10.5 Å². The Labute approximate surface area is 111 Å². The molecule has 2 nitrogen and oxygen atoms in total. The number of rotatable bonds is 6. The number of benzene rings is 1. The highest BCUT2D eigenvalue weighted by Gasteiger charge is 2.18. The molecule has 0 amide bonds. The number of hydrogen-bond donors (Lipinski definition) is 1. The number of hydrogen-bond acceptors (Lipinski definition) is 2. The molecule has 0 aliphatic heterocycles. The van der Waals surface area contributed by atoms with E-state index < -0.39 is 0 Å². The van der Waals surface area contributed by atoms with Gasteiger partial charge in [0.2, 0.25) is 0 Å². The number of para-hydroxylation sites is 1. The monoisotopic (exact) mass is 247 g/mol. The van der Waals surface area contributed by atoms with Crippen LogP contribution >= 0.6 is 0 Å². The summed E-state index contributed by atoms with van der Waals surface area (Å²) in [6.45, 7) is 2.72. The van der Waals surface area contributed by atoms with E-state index in [2.05, 4.69) is 6.07 Å². The predicted octanol–water partition coefficient (Wildman–Crippen LogP) is 4.06. The Morgan fingerprint density at radius 1 is 1.28 bits per heavy atom. The van der Waals surface area contributed by atoms with E-state index in [0.29, 0.717) is 6.61 Å². The number of ether oxygens (including phenoxy) is 1. The predicted molar refractivity (Wildman–Crippen MR) is 75.7 cm³/mol. The van der Waals surface area contributed by atoms with Crippen LogP contribution in [0.4, 0.5) is 0 Å². The van der Waals surface area contributed by atoms with Gasteiger partial charge in [0.25, 0.3) is 0 Å². The molecular weight excluding hydrogens is 222 g/mol. The highest BCUT2D eigenvalue weighted by Crippen LogP contribution is 2.32. The Hall–Kier alpha value is -1.02. The molecule has 1 aromatic rings. The molecule has 0 radical (unpaired) electrons. The van der Waals surface area contributed by atoms with E-state index in [0.717, 1.165) is 23.7 Å². The first-order valence-corrected chi connectivity index (χ1v) is 7.28. The SMILES string of the molecule is CCOc1ccccc1C(N)CCC1CCCC1. The van der Waals surface area contributed by atoms with Crippen LogP contribution in [-0.4, -0.2) is 6.61 Å². The van der Waals surface area contributed by atoms with Crippen molar-refractivity contribution in [1.29, 1.82) is 0 Å². The second kappa shape index (κ2) is 6.79. The number of nitrogens with two attached hydrogens (primary N) is 1. The van der Waals surface area contributed by atoms with Gasteiger partial charge in [0, 0.05) is 11.6 Å². The van der Waals surface area contributed by atoms with E-state index >= 15 is 0 Å². The molecule has 1 aliphatic carbocycles. The lowest BCUT2D eigenvalue weighted by atomic mass is 9.95. The molecule has 2 heteroatoms. The lowest BCUT2D eigenvalue weighted by Crippen LogP contribution is -2.13. The molecule has 2 rings (SSSR count). The summed E-state index contributed by atoms with van der Waals surface area (Å²) >= 11 is 0. The highest BCUT2D eigenvalue weighted by atomic mass is 16.5. The third-order valence-corrected chi connectivity index (χ3v) is 3.98. The summed E-state index contributed by atoms with van der Waals surface area (Å²) in [7, 11) is 0. The second-order valence-electron chi connectivity index (χ2n) is 5.31. The van der Waals surface area contributed by atoms with Gasteiger partial charge in [-0.3, -0.25) is 0 Å². The van der Waals surface area contributed by atoms with Crippen molar-refractivity contribution < 1.29 is 4.74 Å². The minimum atomic E-state index is 0.119. The van der Waals surface area contributed by atoms with Gasteiger partial charge in [-0.05, 0) is 31.7 Å². The maximum Gasteiger partial charge on any atom is 0.124 e. The minimum absolute atomic E-state index is 0.119. The Morgan fingerprint density at radius 2 is 2.00 bits per heavy atom. The van der Waals surface area contributed by atoms with Crippen molar-refractivity contribution >= 4 is 0 Å². The normalized spacial score (nSPS) is 17.9. The van der Waals surface area contributed by atoms with Gasteiger partial charge in [-0.1, -0.05) is 43.9 Å². The first-order valence-electron chi connectivity index (χ1n) is 7.28. The van der Waals surface area contributed by atoms with Crippen molar-refractivity contribution in [3.8, 4) is 5.75 Å². The van der Waals surface area contributed by atoms with Crippen LogP contribution in [0.15, 0.2) is 24.3 Å². The molecule has 100 valence electrons. The third-order valence-electron chi connectivity index (χ3n) is 3.98. The van der Waals surface area contributed by atoms with Crippen LogP contribution in [-0.2, 0) is 0 Å². The molecule has 1 saturated carbocycles. The maximum absolute atomic E-state index is 6.32. The van der Waals surface area contributed by atoms with E-state index in [1.807, 2.05) is 25.1 Å². The molecule has 0 bridgehead atoms. The summed E-state index contributed by atoms with van der Waals surface area (Å²) < 4.78 is 5.65. The Kier molecular flexibility index (Phi) is 5.06. The van der Waals surface area contributed by atoms with E-state index in [-0.39, 0.29) is 6.04 Å². The average molecular weight is 247 g/mol. The van der Waals surface area contributed by atoms with Crippen molar-refractivity contribution in [2.45, 2.75) is 51.5 Å². The van der Waals surface area contributed by atoms with Gasteiger partial charge in [-0.2, -0.15) is 0 Å². The van der Waals surface area contributed by atoms with Gasteiger partial charge in [0.15, 0.2) is 0 Å². The van der Waals surface area contributed by atoms with Gasteiger partial charge in [-0.25, -0.2) is 0 Å². The molecule has 0 spiro atoms. The zero-order valence-electron chi connectivity index (χ0n) is 11.4. The molecule has 0 heterocycles. The fourth-order valence-corrected chi connectivity index (χ4v) is 2.94. The quantitative estimate of drug-likeness (QED) is 0.823. The van der Waals surface area contributed by atoms with Crippen molar-refractivity contribution in [3.63, 3.8) is 0 Å². The van der Waals surface area contributed by atoms with Crippen LogP contribution in [0.2, 0.25) is 0 Å². The molecule has 2 N–H and O–H groups in total. The van der Waals surface area contributed by atoms with Crippen LogP contribution in [0.3, 0.4) is 0 Å². The summed E-state index contributed by atoms with van der Waals surface area (Å²) in [5.74, 6) is 1.87. The molecule has 18 heavy (non-hydrogen) atoms. The van der Waals surface area contributed by atoms with Crippen molar-refractivity contribution in [2.75, 3.05) is 6.61 Å². The van der Waals surface area contributed by atoms with Crippen molar-refractivity contribution in [1.82, 2.24) is 0 Å². The van der Waals surface area contributed by atoms with Crippen LogP contribution in [0, 0.1) is 5.92 Å². The molecule has 1 fully saturated rings. The molecule has 0 aromatic heterocycles. The zero-order valence-corrected chi connectivity index (χ0v) is 11.4. The van der Waals surface area contributed by atoms with Gasteiger partial charge in [-0.15, -0.1) is 0 Å². The van der Waals surface area contributed by atoms with E-state index in [9.17, 15) is 0 Å². The first kappa shape index (κ1) is 13.4. The van der Waals surface area contributed by atoms with Crippen LogP contribution in [0.25, 0.3) is 0 Å². The third kappa shape index (κ3) is 3.49. The molecule has 1 aliphatic rings. The van der Waals surface area contributed by atoms with Crippen LogP contribution in [0.5, 0.6) is 5.75 Å². The zero-order chi connectivity index (χ0) is 12.8. The largest absolute Gasteiger partial charge is 0.494 e. The summed E-state index contributed by atoms with van der Waals surface area (Å²) in [6.07, 6.45) is 7.97. The smallest absolute Gasteiger partial charge is 0.124 e. The van der Waals surface area contributed by atoms with Crippen molar-refractivity contribution in [2.24, 2.45) is 11.7 Å². The van der Waals surface area contributed by atoms with E-state index in [1.54, 1.807) is 0 Å². The van der Waals surface area contributed by atoms with Crippen molar-refractivity contribution in [3.05, 3.63) is 29.8 Å². The lowest BCUT2D eigenvalue weighted by molar-refractivity contribution is 0.332. The van der Waals surface area contributed by atoms with Gasteiger partial charge < -0.3 is 10.5 Å². The molecular formula is C16H25NO. The molecule has 1 atom stereocenters. The van der Waals surface area contributed by atoms with Gasteiger partial charge in [0.1, 0.15) is 5.75 Å². The first-order chi connectivity index (χ1) is 8.81. The fourth-order valence-electron chi connectivity index (χ4n) is 2.94. The summed E-state index contributed by atoms with van der Waals surface area (Å²) in [4.78, 5) is 0. The average Bonchev–Trinajstić information content (AvgIpc) is 2.90. The fraction of sp³-hybridized carbons (Fsp3) is 0.625. The Bertz CT molecular complexity index is 358. The highest BCUT2D eigenvalue weighted by molar-refractivity contribution is 5.35. The molecule has 1 aromatic carbocycles. The summed E-state index contributed by atoms with van der Waals surface area (Å²) in [5, 5.41) is 0. The van der Waals surface area contributed by atoms with Gasteiger partial charge >= 0.3 is 0 Å². The van der Waals surface area contributed by atoms with Crippen LogP contribution < -0.4 is 10.5 Å². The maximum atomic E-state index is 6.32. The topological polar surface area (TPSA) is 35.2 Å². The summed E-state index contributed by atoms with van der Waals surface area (Å²) in [6, 6.07) is 8.30. The van der Waals surface area contributed by atoms with Crippen LogP contribution in [0.1, 0.15) is 57.1 Å². The molecule has 1 unspecified atom stereocenters. The van der Waals surface area contributed by atoms with E-state index in [1.165, 1.54) is 32.1 Å².